The Morgan fingerprint density at radius 1 is 1.00 bits per heavy atom. The highest BCUT2D eigenvalue weighted by Gasteiger charge is 2.36. The summed E-state index contributed by atoms with van der Waals surface area (Å²) in [6, 6.07) is 4.48. The number of benzene rings is 1. The lowest BCUT2D eigenvalue weighted by atomic mass is 9.88. The van der Waals surface area contributed by atoms with Gasteiger partial charge < -0.3 is 24.7 Å². The van der Waals surface area contributed by atoms with Crippen molar-refractivity contribution in [2.45, 2.75) is 53.0 Å². The van der Waals surface area contributed by atoms with Crippen LogP contribution in [-0.2, 0) is 35.1 Å². The Labute approximate surface area is 182 Å². The molecule has 0 aliphatic carbocycles. The molecule has 2 atom stereocenters. The second-order valence-electron chi connectivity index (χ2n) is 7.74. The first-order valence-corrected chi connectivity index (χ1v) is 9.93. The van der Waals surface area contributed by atoms with Crippen molar-refractivity contribution in [3.05, 3.63) is 23.8 Å². The Balaban J connectivity index is 3.04. The number of nitrogens with two attached hydrogens (primary N) is 1. The molecule has 0 fully saturated rings. The van der Waals surface area contributed by atoms with Crippen LogP contribution in [-0.4, -0.2) is 43.1 Å². The molecule has 1 aromatic carbocycles. The van der Waals surface area contributed by atoms with Crippen LogP contribution in [0.25, 0.3) is 0 Å². The lowest BCUT2D eigenvalue weighted by Gasteiger charge is -2.27. The Bertz CT molecular complexity index is 820. The van der Waals surface area contributed by atoms with Crippen molar-refractivity contribution in [1.82, 2.24) is 0 Å². The minimum absolute atomic E-state index is 0.00553. The first-order valence-electron chi connectivity index (χ1n) is 9.93. The largest absolute Gasteiger partial charge is 0.468 e. The first-order chi connectivity index (χ1) is 14.4. The van der Waals surface area contributed by atoms with E-state index in [0.29, 0.717) is 5.56 Å². The molecule has 9 heteroatoms. The SMILES string of the molecule is COC(=O)[C@@](N)(CCOC(=O)C(C)C(C)C)Cc1ccc(OC(C)=O)c(OC(C)=O)c1. The molecule has 9 nitrogen and oxygen atoms in total. The van der Waals surface area contributed by atoms with Crippen molar-refractivity contribution >= 4 is 23.9 Å². The van der Waals surface area contributed by atoms with E-state index in [2.05, 4.69) is 0 Å². The third kappa shape index (κ3) is 8.01. The van der Waals surface area contributed by atoms with E-state index in [1.54, 1.807) is 13.0 Å². The second kappa shape index (κ2) is 11.5. The molecule has 0 bridgehead atoms. The molecule has 172 valence electrons. The van der Waals surface area contributed by atoms with Gasteiger partial charge in [-0.3, -0.25) is 19.2 Å². The van der Waals surface area contributed by atoms with Gasteiger partial charge in [-0.1, -0.05) is 26.8 Å². The molecule has 0 amide bonds. The third-order valence-corrected chi connectivity index (χ3v) is 4.79. The molecule has 0 saturated heterocycles. The fraction of sp³-hybridized carbons (Fsp3) is 0.545. The van der Waals surface area contributed by atoms with Crippen molar-refractivity contribution in [2.24, 2.45) is 17.6 Å². The summed E-state index contributed by atoms with van der Waals surface area (Å²) in [6.07, 6.45) is 0.0242. The van der Waals surface area contributed by atoms with Gasteiger partial charge in [-0.05, 0) is 23.6 Å². The van der Waals surface area contributed by atoms with Crippen molar-refractivity contribution in [3.8, 4) is 11.5 Å². The maximum atomic E-state index is 12.4. The molecule has 2 N–H and O–H groups in total. The quantitative estimate of drug-likeness (QED) is 0.432. The Hall–Kier alpha value is -2.94. The summed E-state index contributed by atoms with van der Waals surface area (Å²) < 4.78 is 20.3. The van der Waals surface area contributed by atoms with Crippen LogP contribution in [0.15, 0.2) is 18.2 Å². The monoisotopic (exact) mass is 437 g/mol. The molecule has 0 heterocycles. The summed E-state index contributed by atoms with van der Waals surface area (Å²) in [7, 11) is 1.21. The number of methoxy groups -OCH3 is 1. The maximum Gasteiger partial charge on any atom is 0.326 e. The molecule has 0 radical (unpaired) electrons. The summed E-state index contributed by atoms with van der Waals surface area (Å²) in [6.45, 7) is 7.95. The van der Waals surface area contributed by atoms with Crippen LogP contribution in [0.1, 0.15) is 46.6 Å². The van der Waals surface area contributed by atoms with Crippen LogP contribution in [0.4, 0.5) is 0 Å². The van der Waals surface area contributed by atoms with Crippen molar-refractivity contribution in [1.29, 1.82) is 0 Å². The van der Waals surface area contributed by atoms with Gasteiger partial charge in [0.1, 0.15) is 5.54 Å². The number of carbonyl (C=O) groups excluding carboxylic acids is 4. The number of esters is 4. The van der Waals surface area contributed by atoms with E-state index < -0.39 is 23.4 Å². The van der Waals surface area contributed by atoms with E-state index in [-0.39, 0.29) is 48.8 Å². The van der Waals surface area contributed by atoms with Crippen LogP contribution < -0.4 is 15.2 Å². The second-order valence-corrected chi connectivity index (χ2v) is 7.74. The van der Waals surface area contributed by atoms with E-state index in [4.69, 9.17) is 24.7 Å². The highest BCUT2D eigenvalue weighted by atomic mass is 16.6. The summed E-state index contributed by atoms with van der Waals surface area (Å²) >= 11 is 0. The smallest absolute Gasteiger partial charge is 0.326 e. The number of hydrogen-bond donors (Lipinski definition) is 1. The van der Waals surface area contributed by atoms with Gasteiger partial charge in [0.15, 0.2) is 11.5 Å². The van der Waals surface area contributed by atoms with Gasteiger partial charge >= 0.3 is 23.9 Å². The van der Waals surface area contributed by atoms with Crippen LogP contribution in [0.5, 0.6) is 11.5 Å². The topological polar surface area (TPSA) is 131 Å². The molecule has 0 spiro atoms. The van der Waals surface area contributed by atoms with Crippen molar-refractivity contribution in [2.75, 3.05) is 13.7 Å². The van der Waals surface area contributed by atoms with Gasteiger partial charge in [0, 0.05) is 26.7 Å². The van der Waals surface area contributed by atoms with Crippen LogP contribution >= 0.6 is 0 Å². The summed E-state index contributed by atoms with van der Waals surface area (Å²) in [5, 5.41) is 0. The number of carbonyl (C=O) groups is 4. The highest BCUT2D eigenvalue weighted by molar-refractivity contribution is 5.81. The van der Waals surface area contributed by atoms with Gasteiger partial charge in [-0.25, -0.2) is 0 Å². The Morgan fingerprint density at radius 3 is 2.10 bits per heavy atom. The van der Waals surface area contributed by atoms with E-state index >= 15 is 0 Å². The third-order valence-electron chi connectivity index (χ3n) is 4.79. The van der Waals surface area contributed by atoms with Crippen molar-refractivity contribution in [3.63, 3.8) is 0 Å². The molecule has 31 heavy (non-hydrogen) atoms. The maximum absolute atomic E-state index is 12.4. The average Bonchev–Trinajstić information content (AvgIpc) is 2.67. The molecule has 1 rings (SSSR count). The zero-order chi connectivity index (χ0) is 23.8. The molecular weight excluding hydrogens is 406 g/mol. The molecule has 0 aliphatic heterocycles. The Morgan fingerprint density at radius 2 is 1.58 bits per heavy atom. The minimum Gasteiger partial charge on any atom is -0.468 e. The van der Waals surface area contributed by atoms with E-state index in [1.807, 2.05) is 13.8 Å². The van der Waals surface area contributed by atoms with Crippen molar-refractivity contribution < 1.29 is 38.1 Å². The lowest BCUT2D eigenvalue weighted by Crippen LogP contribution is -2.51. The van der Waals surface area contributed by atoms with Gasteiger partial charge in [0.2, 0.25) is 0 Å². The lowest BCUT2D eigenvalue weighted by molar-refractivity contribution is -0.153. The number of hydrogen-bond acceptors (Lipinski definition) is 9. The predicted octanol–water partition coefficient (Wildman–Crippen LogP) is 2.18. The van der Waals surface area contributed by atoms with Crippen LogP contribution in [0.2, 0.25) is 0 Å². The molecular formula is C22H31NO8. The molecule has 1 unspecified atom stereocenters. The highest BCUT2D eigenvalue weighted by Crippen LogP contribution is 2.31. The van der Waals surface area contributed by atoms with Gasteiger partial charge in [0.05, 0.1) is 19.6 Å². The molecule has 0 saturated carbocycles. The zero-order valence-electron chi connectivity index (χ0n) is 18.9. The minimum atomic E-state index is -1.49. The predicted molar refractivity (Wildman–Crippen MR) is 111 cm³/mol. The fourth-order valence-corrected chi connectivity index (χ4v) is 2.70. The van der Waals surface area contributed by atoms with E-state index in [9.17, 15) is 19.2 Å². The Kier molecular flexibility index (Phi) is 9.64. The first kappa shape index (κ1) is 26.1. The number of ether oxygens (including phenoxy) is 4. The number of rotatable bonds is 10. The van der Waals surface area contributed by atoms with Crippen LogP contribution in [0, 0.1) is 11.8 Å². The van der Waals surface area contributed by atoms with Gasteiger partial charge in [-0.2, -0.15) is 0 Å². The van der Waals surface area contributed by atoms with Gasteiger partial charge in [-0.15, -0.1) is 0 Å². The molecule has 0 aromatic heterocycles. The normalized spacial score (nSPS) is 13.7. The van der Waals surface area contributed by atoms with Crippen LogP contribution in [0.3, 0.4) is 0 Å². The average molecular weight is 437 g/mol. The van der Waals surface area contributed by atoms with E-state index in [1.165, 1.54) is 33.1 Å². The fourth-order valence-electron chi connectivity index (χ4n) is 2.70. The van der Waals surface area contributed by atoms with Gasteiger partial charge in [0.25, 0.3) is 0 Å². The van der Waals surface area contributed by atoms with E-state index in [0.717, 1.165) is 0 Å². The summed E-state index contributed by atoms with van der Waals surface area (Å²) in [4.78, 5) is 47.1. The molecule has 1 aromatic rings. The molecule has 0 aliphatic rings. The summed E-state index contributed by atoms with van der Waals surface area (Å²) in [5.41, 5.74) is 5.35. The summed E-state index contributed by atoms with van der Waals surface area (Å²) in [5.74, 6) is -2.33. The standard InChI is InChI=1S/C22H31NO8/c1-13(2)14(3)20(26)29-10-9-22(23,21(27)28-6)12-17-7-8-18(30-15(4)24)19(11-17)31-16(5)25/h7-8,11,13-14H,9-10,12,23H2,1-6H3/t14?,22-/m1/s1. The zero-order valence-corrected chi connectivity index (χ0v) is 18.9.